The maximum atomic E-state index is 12.5. The first kappa shape index (κ1) is 23.5. The van der Waals surface area contributed by atoms with Crippen LogP contribution >= 0.6 is 0 Å². The number of aliphatic hydroxyl groups excluding tert-OH is 1. The van der Waals surface area contributed by atoms with Gasteiger partial charge in [0.05, 0.1) is 17.9 Å². The molecule has 1 fully saturated rings. The topological polar surface area (TPSA) is 102 Å². The van der Waals surface area contributed by atoms with Crippen LogP contribution in [0.1, 0.15) is 62.6 Å². The number of rotatable bonds is 2. The second-order valence-corrected chi connectivity index (χ2v) is 7.03. The molecule has 164 valence electrons. The van der Waals surface area contributed by atoms with Crippen molar-refractivity contribution in [2.75, 3.05) is 12.3 Å². The molecule has 0 radical (unpaired) electrons. The van der Waals surface area contributed by atoms with E-state index in [1.54, 1.807) is 6.33 Å². The largest absolute Gasteiger partial charge is 0.419 e. The molecule has 1 aliphatic carbocycles. The van der Waals surface area contributed by atoms with Crippen LogP contribution < -0.4 is 5.73 Å². The van der Waals surface area contributed by atoms with Crippen molar-refractivity contribution in [3.05, 3.63) is 48.2 Å². The Morgan fingerprint density at radius 1 is 1.13 bits per heavy atom. The third-order valence-corrected chi connectivity index (χ3v) is 4.59. The van der Waals surface area contributed by atoms with Crippen molar-refractivity contribution in [1.29, 1.82) is 0 Å². The Hall–Kier alpha value is -2.75. The molecular weight excluding hydrogens is 397 g/mol. The van der Waals surface area contributed by atoms with Gasteiger partial charge in [-0.25, -0.2) is 9.97 Å². The van der Waals surface area contributed by atoms with E-state index in [-0.39, 0.29) is 11.6 Å². The number of anilines is 1. The van der Waals surface area contributed by atoms with E-state index in [0.29, 0.717) is 6.20 Å². The number of aromatic nitrogens is 5. The van der Waals surface area contributed by atoms with Gasteiger partial charge in [-0.3, -0.25) is 4.40 Å². The first-order valence-corrected chi connectivity index (χ1v) is 9.87. The van der Waals surface area contributed by atoms with Gasteiger partial charge in [0.15, 0.2) is 5.65 Å². The molecule has 7 nitrogen and oxygen atoms in total. The van der Waals surface area contributed by atoms with Gasteiger partial charge < -0.3 is 10.8 Å². The van der Waals surface area contributed by atoms with Gasteiger partial charge in [0.2, 0.25) is 5.95 Å². The normalized spacial score (nSPS) is 14.8. The average molecular weight is 424 g/mol. The number of hydrogen-bond acceptors (Lipinski definition) is 6. The Morgan fingerprint density at radius 2 is 1.77 bits per heavy atom. The highest BCUT2D eigenvalue weighted by atomic mass is 19.4. The Bertz CT molecular complexity index is 854. The van der Waals surface area contributed by atoms with Crippen molar-refractivity contribution >= 4 is 11.6 Å². The fourth-order valence-corrected chi connectivity index (χ4v) is 2.92. The lowest BCUT2D eigenvalue weighted by Crippen LogP contribution is -2.16. The maximum Gasteiger partial charge on any atom is 0.419 e. The van der Waals surface area contributed by atoms with Crippen molar-refractivity contribution in [1.82, 2.24) is 24.6 Å². The molecule has 1 saturated carbocycles. The van der Waals surface area contributed by atoms with E-state index in [1.807, 2.05) is 28.8 Å². The van der Waals surface area contributed by atoms with Crippen LogP contribution in [0, 0.1) is 0 Å². The molecule has 0 amide bonds. The van der Waals surface area contributed by atoms with Crippen molar-refractivity contribution in [3.63, 3.8) is 0 Å². The minimum atomic E-state index is -4.54. The predicted octanol–water partition coefficient (Wildman–Crippen LogP) is 4.24. The number of nitrogens with zero attached hydrogens (tertiary/aromatic N) is 5. The summed E-state index contributed by atoms with van der Waals surface area (Å²) in [5, 5.41) is 16.3. The van der Waals surface area contributed by atoms with Crippen molar-refractivity contribution < 1.29 is 18.3 Å². The first-order valence-electron chi connectivity index (χ1n) is 9.87. The Morgan fingerprint density at radius 3 is 2.30 bits per heavy atom. The molecule has 10 heteroatoms. The fourth-order valence-electron chi connectivity index (χ4n) is 2.92. The summed E-state index contributed by atoms with van der Waals surface area (Å²) in [5.74, 6) is -0.967. The zero-order valence-electron chi connectivity index (χ0n) is 16.9. The van der Waals surface area contributed by atoms with E-state index < -0.39 is 24.3 Å². The molecule has 3 N–H and O–H groups in total. The minimum absolute atomic E-state index is 0.238. The quantitative estimate of drug-likeness (QED) is 0.638. The summed E-state index contributed by atoms with van der Waals surface area (Å²) in [7, 11) is 0. The van der Waals surface area contributed by atoms with Crippen molar-refractivity contribution in [2.45, 2.75) is 57.5 Å². The SMILES string of the molecule is C1CCCCC1.CC(CO)c1nc(N)ncc1C(F)(F)F.c1ccn2cnnc2c1. The van der Waals surface area contributed by atoms with Gasteiger partial charge in [-0.2, -0.15) is 13.2 Å². The third kappa shape index (κ3) is 7.25. The molecule has 1 aliphatic rings. The second-order valence-electron chi connectivity index (χ2n) is 7.03. The van der Waals surface area contributed by atoms with E-state index >= 15 is 0 Å². The average Bonchev–Trinajstić information content (AvgIpc) is 3.23. The lowest BCUT2D eigenvalue weighted by Gasteiger charge is -2.15. The Balaban J connectivity index is 0.000000178. The molecule has 30 heavy (non-hydrogen) atoms. The highest BCUT2D eigenvalue weighted by molar-refractivity contribution is 5.34. The van der Waals surface area contributed by atoms with Crippen molar-refractivity contribution in [2.24, 2.45) is 0 Å². The molecular formula is C20H27F3N6O. The standard InChI is InChI=1S/C8H10F3N3O.C6H5N3.C6H12/c1-4(3-15)6-5(8(9,10)11)2-13-7(12)14-6;1-2-4-9-5-7-8-6(9)3-1;1-2-4-6-5-3-1/h2,4,15H,3H2,1H3,(H2,12,13,14);1-5H;1-6H2. The number of aliphatic hydroxyl groups is 1. The lowest BCUT2D eigenvalue weighted by atomic mass is 10.0. The molecule has 3 aromatic rings. The van der Waals surface area contributed by atoms with Gasteiger partial charge in [0.25, 0.3) is 0 Å². The van der Waals surface area contributed by atoms with Gasteiger partial charge >= 0.3 is 6.18 Å². The van der Waals surface area contributed by atoms with Crippen LogP contribution in [0.5, 0.6) is 0 Å². The predicted molar refractivity (Wildman–Crippen MR) is 108 cm³/mol. The summed E-state index contributed by atoms with van der Waals surface area (Å²) in [4.78, 5) is 6.78. The molecule has 1 atom stereocenters. The molecule has 4 rings (SSSR count). The van der Waals surface area contributed by atoms with E-state index in [2.05, 4.69) is 20.2 Å². The Kier molecular flexibility index (Phi) is 8.97. The smallest absolute Gasteiger partial charge is 0.396 e. The van der Waals surface area contributed by atoms with Crippen LogP contribution in [0.15, 0.2) is 36.9 Å². The van der Waals surface area contributed by atoms with E-state index in [9.17, 15) is 13.2 Å². The molecule has 0 saturated heterocycles. The Labute approximate surface area is 173 Å². The van der Waals surface area contributed by atoms with E-state index in [0.717, 1.165) is 5.65 Å². The van der Waals surface area contributed by atoms with Crippen LogP contribution in [-0.4, -0.2) is 36.3 Å². The van der Waals surface area contributed by atoms with Gasteiger partial charge in [0, 0.05) is 18.3 Å². The number of nitrogens with two attached hydrogens (primary N) is 1. The highest BCUT2D eigenvalue weighted by Crippen LogP contribution is 2.33. The summed E-state index contributed by atoms with van der Waals surface area (Å²) in [6.45, 7) is 0.997. The van der Waals surface area contributed by atoms with Gasteiger partial charge in [-0.1, -0.05) is 51.5 Å². The van der Waals surface area contributed by atoms with Crippen LogP contribution in [0.25, 0.3) is 5.65 Å². The van der Waals surface area contributed by atoms with Crippen LogP contribution in [-0.2, 0) is 6.18 Å². The lowest BCUT2D eigenvalue weighted by molar-refractivity contribution is -0.139. The fraction of sp³-hybridized carbons (Fsp3) is 0.500. The van der Waals surface area contributed by atoms with Crippen LogP contribution in [0.3, 0.4) is 0 Å². The van der Waals surface area contributed by atoms with E-state index in [4.69, 9.17) is 10.8 Å². The number of pyridine rings is 1. The second kappa shape index (κ2) is 11.4. The molecule has 0 aromatic carbocycles. The van der Waals surface area contributed by atoms with Gasteiger partial charge in [0.1, 0.15) is 6.33 Å². The highest BCUT2D eigenvalue weighted by Gasteiger charge is 2.36. The van der Waals surface area contributed by atoms with Gasteiger partial charge in [-0.15, -0.1) is 10.2 Å². The minimum Gasteiger partial charge on any atom is -0.396 e. The first-order chi connectivity index (χ1) is 14.3. The zero-order chi connectivity index (χ0) is 22.0. The molecule has 1 unspecified atom stereocenters. The summed E-state index contributed by atoms with van der Waals surface area (Å²) in [5.41, 5.74) is 4.84. The number of alkyl halides is 3. The molecule has 0 bridgehead atoms. The number of hydrogen-bond donors (Lipinski definition) is 2. The summed E-state index contributed by atoms with van der Waals surface area (Å²) in [6.07, 6.45) is 8.68. The molecule has 3 aromatic heterocycles. The maximum absolute atomic E-state index is 12.5. The zero-order valence-corrected chi connectivity index (χ0v) is 16.9. The summed E-state index contributed by atoms with van der Waals surface area (Å²) in [6, 6.07) is 5.79. The number of fused-ring (bicyclic) bond motifs is 1. The monoisotopic (exact) mass is 424 g/mol. The molecule has 0 aliphatic heterocycles. The number of halogens is 3. The number of nitrogen functional groups attached to an aromatic ring is 1. The van der Waals surface area contributed by atoms with Gasteiger partial charge in [-0.05, 0) is 12.1 Å². The summed E-state index contributed by atoms with van der Waals surface area (Å²) < 4.78 is 39.3. The van der Waals surface area contributed by atoms with E-state index in [1.165, 1.54) is 45.4 Å². The van der Waals surface area contributed by atoms with Crippen LogP contribution in [0.4, 0.5) is 19.1 Å². The molecule has 3 heterocycles. The summed E-state index contributed by atoms with van der Waals surface area (Å²) >= 11 is 0. The van der Waals surface area contributed by atoms with Crippen molar-refractivity contribution in [3.8, 4) is 0 Å². The van der Waals surface area contributed by atoms with Crippen LogP contribution in [0.2, 0.25) is 0 Å². The molecule has 0 spiro atoms. The third-order valence-electron chi connectivity index (χ3n) is 4.59.